The van der Waals surface area contributed by atoms with Crippen LogP contribution >= 0.6 is 11.6 Å². The van der Waals surface area contributed by atoms with E-state index in [1.165, 1.54) is 6.33 Å². The van der Waals surface area contributed by atoms with Crippen LogP contribution in [0.2, 0.25) is 0 Å². The molecule has 0 fully saturated rings. The minimum Gasteiger partial charge on any atom is -0.481 e. The molecule has 0 amide bonds. The summed E-state index contributed by atoms with van der Waals surface area (Å²) in [7, 11) is 0. The van der Waals surface area contributed by atoms with Crippen molar-refractivity contribution in [3.63, 3.8) is 0 Å². The molecule has 2 rings (SSSR count). The van der Waals surface area contributed by atoms with Gasteiger partial charge in [-0.15, -0.1) is 11.6 Å². The Labute approximate surface area is 109 Å². The highest BCUT2D eigenvalue weighted by molar-refractivity contribution is 6.19. The summed E-state index contributed by atoms with van der Waals surface area (Å²) in [5, 5.41) is 13.4. The van der Waals surface area contributed by atoms with Gasteiger partial charge in [-0.1, -0.05) is 6.92 Å². The number of hydrogen-bond donors (Lipinski definition) is 1. The van der Waals surface area contributed by atoms with Crippen LogP contribution in [0.3, 0.4) is 0 Å². The lowest BCUT2D eigenvalue weighted by Crippen LogP contribution is -2.34. The molecular weight excluding hydrogens is 254 g/mol. The van der Waals surface area contributed by atoms with Crippen LogP contribution in [0.5, 0.6) is 0 Å². The van der Waals surface area contributed by atoms with Crippen molar-refractivity contribution in [1.82, 2.24) is 14.6 Å². The molecule has 2 aromatic heterocycles. The fraction of sp³-hybridized carbons (Fsp3) is 0.417. The Hall–Kier alpha value is -1.62. The van der Waals surface area contributed by atoms with Crippen molar-refractivity contribution in [3.05, 3.63) is 30.4 Å². The minimum absolute atomic E-state index is 0.0940. The van der Waals surface area contributed by atoms with Crippen LogP contribution in [0.4, 0.5) is 0 Å². The third kappa shape index (κ3) is 2.18. The van der Waals surface area contributed by atoms with Gasteiger partial charge in [0, 0.05) is 12.1 Å². The van der Waals surface area contributed by atoms with Gasteiger partial charge < -0.3 is 5.11 Å². The SMILES string of the molecule is CCC(CCl)(Cc1cc2cncnn2c1)C(=O)O. The van der Waals surface area contributed by atoms with Crippen LogP contribution in [-0.2, 0) is 11.2 Å². The Kier molecular flexibility index (Phi) is 3.52. The first-order chi connectivity index (χ1) is 8.61. The number of rotatable bonds is 5. The third-order valence-corrected chi connectivity index (χ3v) is 3.78. The number of halogens is 1. The molecule has 0 aliphatic heterocycles. The predicted octanol–water partition coefficient (Wildman–Crippen LogP) is 1.99. The standard InChI is InChI=1S/C12H14ClN3O2/c1-2-12(7-13,11(17)18)4-9-3-10-5-14-8-15-16(10)6-9/h3,5-6,8H,2,4,7H2,1H3,(H,17,18). The lowest BCUT2D eigenvalue weighted by Gasteiger charge is -2.24. The van der Waals surface area contributed by atoms with Gasteiger partial charge in [-0.05, 0) is 24.5 Å². The third-order valence-electron chi connectivity index (χ3n) is 3.26. The molecule has 2 aromatic rings. The Balaban J connectivity index is 2.34. The number of aromatic nitrogens is 3. The number of alkyl halides is 1. The highest BCUT2D eigenvalue weighted by Crippen LogP contribution is 2.29. The van der Waals surface area contributed by atoms with Gasteiger partial charge in [-0.25, -0.2) is 9.50 Å². The maximum atomic E-state index is 11.4. The highest BCUT2D eigenvalue weighted by atomic mass is 35.5. The van der Waals surface area contributed by atoms with E-state index in [1.54, 1.807) is 10.7 Å². The molecule has 5 nitrogen and oxygen atoms in total. The van der Waals surface area contributed by atoms with Crippen molar-refractivity contribution in [2.45, 2.75) is 19.8 Å². The maximum Gasteiger partial charge on any atom is 0.311 e. The number of fused-ring (bicyclic) bond motifs is 1. The molecule has 0 aliphatic rings. The molecule has 1 unspecified atom stereocenters. The number of aliphatic carboxylic acids is 1. The molecule has 0 aliphatic carbocycles. The lowest BCUT2D eigenvalue weighted by atomic mass is 9.82. The van der Waals surface area contributed by atoms with Crippen molar-refractivity contribution in [2.75, 3.05) is 5.88 Å². The van der Waals surface area contributed by atoms with Gasteiger partial charge in [0.05, 0.1) is 17.1 Å². The van der Waals surface area contributed by atoms with E-state index in [2.05, 4.69) is 10.1 Å². The van der Waals surface area contributed by atoms with Crippen LogP contribution in [0.1, 0.15) is 18.9 Å². The lowest BCUT2D eigenvalue weighted by molar-refractivity contribution is -0.147. The summed E-state index contributed by atoms with van der Waals surface area (Å²) in [6.45, 7) is 1.84. The van der Waals surface area contributed by atoms with Crippen molar-refractivity contribution in [2.24, 2.45) is 5.41 Å². The second kappa shape index (κ2) is 4.94. The first-order valence-electron chi connectivity index (χ1n) is 5.68. The normalized spacial score (nSPS) is 14.6. The predicted molar refractivity (Wildman–Crippen MR) is 67.8 cm³/mol. The quantitative estimate of drug-likeness (QED) is 0.842. The highest BCUT2D eigenvalue weighted by Gasteiger charge is 2.36. The Bertz CT molecular complexity index is 530. The van der Waals surface area contributed by atoms with E-state index in [-0.39, 0.29) is 5.88 Å². The summed E-state index contributed by atoms with van der Waals surface area (Å²) in [6, 6.07) is 1.89. The molecule has 0 saturated carbocycles. The second-order valence-electron chi connectivity index (χ2n) is 4.38. The van der Waals surface area contributed by atoms with Crippen LogP contribution in [0.15, 0.2) is 24.8 Å². The number of carboxylic acids is 1. The average molecular weight is 268 g/mol. The molecule has 0 spiro atoms. The summed E-state index contributed by atoms with van der Waals surface area (Å²) < 4.78 is 1.68. The van der Waals surface area contributed by atoms with Crippen LogP contribution in [0.25, 0.3) is 5.52 Å². The fourth-order valence-electron chi connectivity index (χ4n) is 1.95. The molecular formula is C12H14ClN3O2. The van der Waals surface area contributed by atoms with Gasteiger partial charge >= 0.3 is 5.97 Å². The van der Waals surface area contributed by atoms with Gasteiger partial charge in [0.2, 0.25) is 0 Å². The van der Waals surface area contributed by atoms with E-state index in [0.717, 1.165) is 11.1 Å². The van der Waals surface area contributed by atoms with E-state index in [1.807, 2.05) is 19.2 Å². The molecule has 96 valence electrons. The van der Waals surface area contributed by atoms with Gasteiger partial charge in [-0.3, -0.25) is 4.79 Å². The molecule has 18 heavy (non-hydrogen) atoms. The van der Waals surface area contributed by atoms with Crippen molar-refractivity contribution < 1.29 is 9.90 Å². The molecule has 1 atom stereocenters. The zero-order chi connectivity index (χ0) is 13.2. The number of hydrogen-bond acceptors (Lipinski definition) is 3. The van der Waals surface area contributed by atoms with Gasteiger partial charge in [-0.2, -0.15) is 5.10 Å². The zero-order valence-corrected chi connectivity index (χ0v) is 10.8. The number of nitrogens with zero attached hydrogens (tertiary/aromatic N) is 3. The maximum absolute atomic E-state index is 11.4. The van der Waals surface area contributed by atoms with Crippen molar-refractivity contribution in [3.8, 4) is 0 Å². The van der Waals surface area contributed by atoms with Gasteiger partial charge in [0.15, 0.2) is 0 Å². The topological polar surface area (TPSA) is 67.5 Å². The molecule has 6 heteroatoms. The van der Waals surface area contributed by atoms with Crippen LogP contribution in [-0.4, -0.2) is 31.6 Å². The smallest absolute Gasteiger partial charge is 0.311 e. The molecule has 0 radical (unpaired) electrons. The summed E-state index contributed by atoms with van der Waals surface area (Å²) in [5.41, 5.74) is 0.831. The summed E-state index contributed by atoms with van der Waals surface area (Å²) >= 11 is 5.85. The van der Waals surface area contributed by atoms with E-state index < -0.39 is 11.4 Å². The summed E-state index contributed by atoms with van der Waals surface area (Å²) in [4.78, 5) is 15.3. The number of carbonyl (C=O) groups is 1. The van der Waals surface area contributed by atoms with Crippen molar-refractivity contribution >= 4 is 23.1 Å². The minimum atomic E-state index is -0.917. The fourth-order valence-corrected chi connectivity index (χ4v) is 2.35. The van der Waals surface area contributed by atoms with E-state index in [0.29, 0.717) is 12.8 Å². The molecule has 2 heterocycles. The van der Waals surface area contributed by atoms with Gasteiger partial charge in [0.25, 0.3) is 0 Å². The van der Waals surface area contributed by atoms with E-state index in [4.69, 9.17) is 11.6 Å². The molecule has 0 bridgehead atoms. The second-order valence-corrected chi connectivity index (χ2v) is 4.64. The summed E-state index contributed by atoms with van der Waals surface area (Å²) in [6.07, 6.45) is 5.83. The van der Waals surface area contributed by atoms with Crippen molar-refractivity contribution in [1.29, 1.82) is 0 Å². The molecule has 0 aromatic carbocycles. The molecule has 0 saturated heterocycles. The first kappa shape index (κ1) is 12.8. The Morgan fingerprint density at radius 3 is 2.94 bits per heavy atom. The van der Waals surface area contributed by atoms with E-state index in [9.17, 15) is 9.90 Å². The van der Waals surface area contributed by atoms with Crippen LogP contribution < -0.4 is 0 Å². The first-order valence-corrected chi connectivity index (χ1v) is 6.21. The zero-order valence-electron chi connectivity index (χ0n) is 10.0. The van der Waals surface area contributed by atoms with E-state index >= 15 is 0 Å². The summed E-state index contributed by atoms with van der Waals surface area (Å²) in [5.74, 6) is -0.766. The largest absolute Gasteiger partial charge is 0.481 e. The van der Waals surface area contributed by atoms with Crippen LogP contribution in [0, 0.1) is 5.41 Å². The Morgan fingerprint density at radius 1 is 1.61 bits per heavy atom. The monoisotopic (exact) mass is 267 g/mol. The molecule has 1 N–H and O–H groups in total. The van der Waals surface area contributed by atoms with Gasteiger partial charge in [0.1, 0.15) is 6.33 Å². The Morgan fingerprint density at radius 2 is 2.39 bits per heavy atom. The number of carboxylic acid groups (broad SMARTS) is 1. The average Bonchev–Trinajstić information content (AvgIpc) is 2.77.